The molecule has 51 heavy (non-hydrogen) atoms. The Balaban J connectivity index is 0.920. The molecule has 22 aliphatic carbocycles. The first-order valence-electron chi connectivity index (χ1n) is 24.1. The van der Waals surface area contributed by atoms with Crippen molar-refractivity contribution in [3.63, 3.8) is 0 Å². The molecule has 0 radical (unpaired) electrons. The van der Waals surface area contributed by atoms with E-state index in [1.807, 2.05) is 0 Å². The molecule has 22 rings (SSSR count). The van der Waals surface area contributed by atoms with Gasteiger partial charge in [-0.3, -0.25) is 0 Å². The van der Waals surface area contributed by atoms with Crippen molar-refractivity contribution >= 4 is 0 Å². The van der Waals surface area contributed by atoms with Gasteiger partial charge in [0.1, 0.15) is 0 Å². The molecule has 0 aliphatic heterocycles. The molecule has 0 heteroatoms. The number of rotatable bonds is 0. The summed E-state index contributed by atoms with van der Waals surface area (Å²) in [6, 6.07) is 0. The predicted molar refractivity (Wildman–Crippen MR) is 188 cm³/mol. The molecule has 37 unspecified atom stereocenters. The van der Waals surface area contributed by atoms with Gasteiger partial charge >= 0.3 is 0 Å². The highest BCUT2D eigenvalue weighted by Gasteiger charge is 3.24. The topological polar surface area (TPSA) is 0 Å². The summed E-state index contributed by atoms with van der Waals surface area (Å²) in [5, 5.41) is 0. The molecule has 0 nitrogen and oxygen atoms in total. The zero-order valence-corrected chi connectivity index (χ0v) is 33.0. The second kappa shape index (κ2) is 4.69. The maximum Gasteiger partial charge on any atom is -0.0105 e. The fraction of sp³-hybridized carbons (Fsp3) is 1.00. The molecule has 0 aromatic heterocycles. The van der Waals surface area contributed by atoms with Crippen molar-refractivity contribution in [1.29, 1.82) is 0 Å². The predicted octanol–water partition coefficient (Wildman–Crippen LogP) is 9.40. The molecule has 37 atom stereocenters. The van der Waals surface area contributed by atoms with Crippen LogP contribution >= 0.6 is 0 Å². The Kier molecular flexibility index (Phi) is 2.26. The lowest BCUT2D eigenvalue weighted by atomic mass is 8.79. The summed E-state index contributed by atoms with van der Waals surface area (Å²) >= 11 is 0. The third kappa shape index (κ3) is 0.962. The van der Waals surface area contributed by atoms with E-state index in [9.17, 15) is 0 Å². The van der Waals surface area contributed by atoms with Gasteiger partial charge in [0.25, 0.3) is 0 Å². The molecule has 0 heterocycles. The van der Waals surface area contributed by atoms with Crippen molar-refractivity contribution < 1.29 is 0 Å². The van der Waals surface area contributed by atoms with Gasteiger partial charge < -0.3 is 0 Å². The van der Waals surface area contributed by atoms with E-state index in [0.717, 1.165) is 115 Å². The van der Waals surface area contributed by atoms with Crippen LogP contribution in [0.2, 0.25) is 0 Å². The van der Waals surface area contributed by atoms with Gasteiger partial charge in [0.2, 0.25) is 0 Å². The lowest BCUT2D eigenvalue weighted by molar-refractivity contribution is -0.787. The monoisotopic (exact) mass is 672 g/mol. The second-order valence-corrected chi connectivity index (χ2v) is 29.7. The molecule has 0 saturated heterocycles. The van der Waals surface area contributed by atoms with Crippen LogP contribution in [0.5, 0.6) is 0 Å². The third-order valence-electron chi connectivity index (χ3n) is 36.3. The van der Waals surface area contributed by atoms with Crippen LogP contribution in [0.15, 0.2) is 0 Å². The summed E-state index contributed by atoms with van der Waals surface area (Å²) in [5.41, 5.74) is 10.8. The van der Waals surface area contributed by atoms with Crippen molar-refractivity contribution in [2.75, 3.05) is 0 Å². The summed E-state index contributed by atoms with van der Waals surface area (Å²) in [7, 11) is 0. The highest BCUT2D eigenvalue weighted by molar-refractivity contribution is 5.70. The quantitative estimate of drug-likeness (QED) is 0.241. The average molecular weight is 673 g/mol. The summed E-state index contributed by atoms with van der Waals surface area (Å²) in [6.07, 6.45) is 6.83. The molecule has 264 valence electrons. The van der Waals surface area contributed by atoms with Crippen LogP contribution in [-0.4, -0.2) is 0 Å². The standard InChI is InChI=1S/C51H60/c1-37-15-11-17(37)21-32-26-27-35-29-31-36-30-28-34-25-22-18-13-16-14-19-23-33-24-20(12-15)48(32,38(21,37)2)41(26,5)42(27,6)50(24,35)44(29,8)46(31,10)51(33,36)45(30,9)43(28,7)49(23,34)40(25,4)39(22,3)47(16,18)19/h15-36H,11-14H2,1-10H3. The Hall–Kier alpha value is 0. The summed E-state index contributed by atoms with van der Waals surface area (Å²) in [5.74, 6) is 25.6. The van der Waals surface area contributed by atoms with Crippen LogP contribution in [0.3, 0.4) is 0 Å². The molecule has 0 N–H and O–H groups in total. The minimum absolute atomic E-state index is 0.682. The zero-order valence-electron chi connectivity index (χ0n) is 33.0. The maximum absolute atomic E-state index is 3.14. The maximum atomic E-state index is 3.14. The van der Waals surface area contributed by atoms with Gasteiger partial charge in [-0.1, -0.05) is 69.2 Å². The van der Waals surface area contributed by atoms with Crippen LogP contribution in [-0.2, 0) is 0 Å². The smallest absolute Gasteiger partial charge is 0.0105 e. The van der Waals surface area contributed by atoms with Crippen LogP contribution < -0.4 is 0 Å². The molecule has 22 aliphatic rings. The van der Waals surface area contributed by atoms with Crippen molar-refractivity contribution in [2.45, 2.75) is 94.9 Å². The van der Waals surface area contributed by atoms with Crippen LogP contribution in [0, 0.1) is 211 Å². The fourth-order valence-corrected chi connectivity index (χ4v) is 38.8. The summed E-state index contributed by atoms with van der Waals surface area (Å²) < 4.78 is 0. The van der Waals surface area contributed by atoms with E-state index >= 15 is 0 Å². The number of hydrogen-bond acceptors (Lipinski definition) is 0. The first-order chi connectivity index (χ1) is 24.1. The van der Waals surface area contributed by atoms with E-state index in [1.54, 1.807) is 25.7 Å². The zero-order chi connectivity index (χ0) is 33.0. The van der Waals surface area contributed by atoms with Gasteiger partial charge in [0.05, 0.1) is 0 Å². The highest BCUT2D eigenvalue weighted by atomic mass is 15.3. The summed E-state index contributed by atoms with van der Waals surface area (Å²) in [6.45, 7) is 30.9. The lowest BCUT2D eigenvalue weighted by Gasteiger charge is -3.24. The Morgan fingerprint density at radius 1 is 0.255 bits per heavy atom. The van der Waals surface area contributed by atoms with Gasteiger partial charge in [0, 0.05) is 0 Å². The minimum atomic E-state index is 0.682. The molecule has 0 bridgehead atoms. The van der Waals surface area contributed by atoms with Gasteiger partial charge in [-0.25, -0.2) is 0 Å². The van der Waals surface area contributed by atoms with Crippen LogP contribution in [0.4, 0.5) is 0 Å². The fourth-order valence-electron chi connectivity index (χ4n) is 38.8. The Bertz CT molecular complexity index is 2330. The molecule has 0 amide bonds. The molecule has 0 aromatic rings. The van der Waals surface area contributed by atoms with Gasteiger partial charge in [-0.05, 0) is 237 Å². The lowest BCUT2D eigenvalue weighted by Crippen LogP contribution is -3.22. The number of fused-ring (bicyclic) bond motifs is 18. The van der Waals surface area contributed by atoms with Gasteiger partial charge in [0.15, 0.2) is 0 Å². The molecule has 22 fully saturated rings. The molecular weight excluding hydrogens is 613 g/mol. The van der Waals surface area contributed by atoms with Crippen LogP contribution in [0.25, 0.3) is 0 Å². The first kappa shape index (κ1) is 24.6. The van der Waals surface area contributed by atoms with Crippen molar-refractivity contribution in [3.05, 3.63) is 0 Å². The Morgan fingerprint density at radius 2 is 0.588 bits per heavy atom. The van der Waals surface area contributed by atoms with E-state index < -0.39 is 0 Å². The number of hydrogen-bond donors (Lipinski definition) is 0. The van der Waals surface area contributed by atoms with Gasteiger partial charge in [-0.15, -0.1) is 0 Å². The average Bonchev–Trinajstić information content (AvgIpc) is 3.04. The van der Waals surface area contributed by atoms with Crippen molar-refractivity contribution in [2.24, 2.45) is 211 Å². The minimum Gasteiger partial charge on any atom is -0.0585 e. The van der Waals surface area contributed by atoms with E-state index in [2.05, 4.69) is 69.2 Å². The molecule has 22 saturated carbocycles. The summed E-state index contributed by atoms with van der Waals surface area (Å²) in [4.78, 5) is 0. The molecular formula is C51H60. The largest absolute Gasteiger partial charge is 0.0585 e. The van der Waals surface area contributed by atoms with E-state index in [-0.39, 0.29) is 0 Å². The highest BCUT2D eigenvalue weighted by Crippen LogP contribution is 3.27. The first-order valence-corrected chi connectivity index (χ1v) is 24.1. The van der Waals surface area contributed by atoms with E-state index in [0.29, 0.717) is 43.3 Å². The molecule has 0 aromatic carbocycles. The van der Waals surface area contributed by atoms with Gasteiger partial charge in [-0.2, -0.15) is 0 Å². The Morgan fingerprint density at radius 3 is 1.12 bits per heavy atom. The normalized spacial score (nSPS) is 106. The van der Waals surface area contributed by atoms with E-state index in [4.69, 9.17) is 0 Å². The second-order valence-electron chi connectivity index (χ2n) is 29.7. The van der Waals surface area contributed by atoms with Crippen molar-refractivity contribution in [1.82, 2.24) is 0 Å². The molecule has 5 spiro atoms. The SMILES string of the molecule is CC12C3CC1C1C4C5C6C7C8C9C%10C%11C%12C%13C%14C%15C%16CC%17CC%18C%19C%20C%21C(C3)C4(C12C)C5(C)C6(C)C7%21C8(C)C9(C)C%10%20C%11(C)C%12(C)C%13%19C%14(C)C%15(C)C%17%16%18. The van der Waals surface area contributed by atoms with Crippen LogP contribution in [0.1, 0.15) is 94.9 Å². The Labute approximate surface area is 305 Å². The van der Waals surface area contributed by atoms with Crippen molar-refractivity contribution in [3.8, 4) is 0 Å². The third-order valence-corrected chi connectivity index (χ3v) is 36.3. The van der Waals surface area contributed by atoms with E-state index in [1.165, 1.54) is 53.3 Å².